The van der Waals surface area contributed by atoms with E-state index in [-0.39, 0.29) is 24.0 Å². The van der Waals surface area contributed by atoms with Gasteiger partial charge in [0, 0.05) is 26.3 Å². The van der Waals surface area contributed by atoms with Crippen molar-refractivity contribution in [3.05, 3.63) is 0 Å². The molecule has 0 atom stereocenters. The topological polar surface area (TPSA) is 65.9 Å². The van der Waals surface area contributed by atoms with Gasteiger partial charge in [-0.15, -0.1) is 24.0 Å². The average molecular weight is 427 g/mol. The van der Waals surface area contributed by atoms with Gasteiger partial charge in [0.25, 0.3) is 0 Å². The van der Waals surface area contributed by atoms with E-state index in [9.17, 15) is 5.11 Å². The predicted molar refractivity (Wildman–Crippen MR) is 103 cm³/mol. The van der Waals surface area contributed by atoms with Crippen LogP contribution in [-0.2, 0) is 4.74 Å². The van der Waals surface area contributed by atoms with E-state index in [1.807, 2.05) is 6.92 Å². The molecule has 1 fully saturated rings. The van der Waals surface area contributed by atoms with Gasteiger partial charge in [0.2, 0.25) is 0 Å². The van der Waals surface area contributed by atoms with Gasteiger partial charge in [0.1, 0.15) is 0 Å². The summed E-state index contributed by atoms with van der Waals surface area (Å²) in [5, 5.41) is 17.0. The Morgan fingerprint density at radius 3 is 2.50 bits per heavy atom. The zero-order valence-electron chi connectivity index (χ0n) is 14.2. The third-order valence-electron chi connectivity index (χ3n) is 3.87. The van der Waals surface area contributed by atoms with Gasteiger partial charge >= 0.3 is 0 Å². The Morgan fingerprint density at radius 1 is 1.14 bits per heavy atom. The smallest absolute Gasteiger partial charge is 0.191 e. The van der Waals surface area contributed by atoms with Crippen molar-refractivity contribution in [2.24, 2.45) is 4.99 Å². The largest absolute Gasteiger partial charge is 0.388 e. The molecule has 0 aromatic heterocycles. The van der Waals surface area contributed by atoms with Crippen molar-refractivity contribution in [2.45, 2.75) is 64.4 Å². The fourth-order valence-electron chi connectivity index (χ4n) is 2.62. The highest BCUT2D eigenvalue weighted by atomic mass is 127. The van der Waals surface area contributed by atoms with E-state index < -0.39 is 5.60 Å². The van der Waals surface area contributed by atoms with Crippen LogP contribution in [0.1, 0.15) is 58.8 Å². The number of aliphatic hydroxyl groups is 1. The summed E-state index contributed by atoms with van der Waals surface area (Å²) in [6.07, 6.45) is 7.36. The van der Waals surface area contributed by atoms with E-state index in [1.54, 1.807) is 0 Å². The van der Waals surface area contributed by atoms with Crippen LogP contribution in [0.2, 0.25) is 0 Å². The lowest BCUT2D eigenvalue weighted by Gasteiger charge is -2.30. The SMILES string of the molecule is CCNC(=NCC1(O)CCCCC1)NCCCCOCC.I. The summed E-state index contributed by atoms with van der Waals surface area (Å²) in [7, 11) is 0. The molecule has 0 aromatic carbocycles. The summed E-state index contributed by atoms with van der Waals surface area (Å²) in [6, 6.07) is 0. The Morgan fingerprint density at radius 2 is 1.86 bits per heavy atom. The van der Waals surface area contributed by atoms with Gasteiger partial charge in [-0.05, 0) is 39.5 Å². The number of halogens is 1. The number of hydrogen-bond acceptors (Lipinski definition) is 3. The molecular weight excluding hydrogens is 393 g/mol. The molecule has 1 saturated carbocycles. The fourth-order valence-corrected chi connectivity index (χ4v) is 2.62. The number of nitrogens with zero attached hydrogens (tertiary/aromatic N) is 1. The first-order valence-corrected chi connectivity index (χ1v) is 8.52. The first-order chi connectivity index (χ1) is 10.2. The molecule has 0 unspecified atom stereocenters. The molecule has 3 N–H and O–H groups in total. The maximum absolute atomic E-state index is 10.5. The Labute approximate surface area is 152 Å². The zero-order valence-corrected chi connectivity index (χ0v) is 16.5. The Balaban J connectivity index is 0.00000441. The van der Waals surface area contributed by atoms with Crippen molar-refractivity contribution < 1.29 is 9.84 Å². The summed E-state index contributed by atoms with van der Waals surface area (Å²) in [6.45, 7) is 7.91. The van der Waals surface area contributed by atoms with Gasteiger partial charge < -0.3 is 20.5 Å². The van der Waals surface area contributed by atoms with Gasteiger partial charge in [0.15, 0.2) is 5.96 Å². The van der Waals surface area contributed by atoms with Crippen molar-refractivity contribution >= 4 is 29.9 Å². The third-order valence-corrected chi connectivity index (χ3v) is 3.87. The minimum absolute atomic E-state index is 0. The first-order valence-electron chi connectivity index (χ1n) is 8.52. The van der Waals surface area contributed by atoms with Crippen LogP contribution in [0, 0.1) is 0 Å². The van der Waals surface area contributed by atoms with E-state index in [1.165, 1.54) is 6.42 Å². The summed E-state index contributed by atoms with van der Waals surface area (Å²) >= 11 is 0. The molecule has 0 bridgehead atoms. The molecule has 0 spiro atoms. The van der Waals surface area contributed by atoms with Crippen molar-refractivity contribution in [3.8, 4) is 0 Å². The molecule has 1 aliphatic carbocycles. The lowest BCUT2D eigenvalue weighted by atomic mass is 9.85. The second-order valence-corrected chi connectivity index (χ2v) is 5.81. The average Bonchev–Trinajstić information content (AvgIpc) is 2.49. The Bertz CT molecular complexity index is 295. The molecule has 22 heavy (non-hydrogen) atoms. The van der Waals surface area contributed by atoms with Crippen LogP contribution in [0.15, 0.2) is 4.99 Å². The van der Waals surface area contributed by atoms with Gasteiger partial charge in [0.05, 0.1) is 12.1 Å². The Hall–Kier alpha value is -0.0800. The molecule has 0 heterocycles. The first kappa shape index (κ1) is 21.9. The fraction of sp³-hybridized carbons (Fsp3) is 0.938. The summed E-state index contributed by atoms with van der Waals surface area (Å²) in [4.78, 5) is 4.56. The molecule has 6 heteroatoms. The molecule has 0 amide bonds. The molecule has 0 aromatic rings. The number of unbranched alkanes of at least 4 members (excludes halogenated alkanes) is 1. The zero-order chi connectivity index (χ0) is 15.4. The van der Waals surface area contributed by atoms with Crippen LogP contribution in [0.3, 0.4) is 0 Å². The molecule has 132 valence electrons. The lowest BCUT2D eigenvalue weighted by molar-refractivity contribution is 0.0131. The number of nitrogens with one attached hydrogen (secondary N) is 2. The van der Waals surface area contributed by atoms with Gasteiger partial charge in [-0.3, -0.25) is 4.99 Å². The monoisotopic (exact) mass is 427 g/mol. The number of ether oxygens (including phenoxy) is 1. The number of guanidine groups is 1. The van der Waals surface area contributed by atoms with Crippen LogP contribution in [0.4, 0.5) is 0 Å². The number of aliphatic imine (C=N–C) groups is 1. The van der Waals surface area contributed by atoms with Crippen molar-refractivity contribution in [1.29, 1.82) is 0 Å². The minimum atomic E-state index is -0.588. The molecule has 1 rings (SSSR count). The van der Waals surface area contributed by atoms with Gasteiger partial charge in [-0.1, -0.05) is 19.3 Å². The second kappa shape index (κ2) is 13.4. The minimum Gasteiger partial charge on any atom is -0.388 e. The molecular formula is C16H34IN3O2. The lowest BCUT2D eigenvalue weighted by Crippen LogP contribution is -2.41. The van der Waals surface area contributed by atoms with Gasteiger partial charge in [-0.25, -0.2) is 0 Å². The highest BCUT2D eigenvalue weighted by Gasteiger charge is 2.28. The van der Waals surface area contributed by atoms with Crippen LogP contribution < -0.4 is 10.6 Å². The molecule has 0 radical (unpaired) electrons. The maximum atomic E-state index is 10.5. The third kappa shape index (κ3) is 9.84. The van der Waals surface area contributed by atoms with Crippen LogP contribution in [0.5, 0.6) is 0 Å². The number of rotatable bonds is 9. The number of hydrogen-bond donors (Lipinski definition) is 3. The summed E-state index contributed by atoms with van der Waals surface area (Å²) in [5.41, 5.74) is -0.588. The standard InChI is InChI=1S/C16H33N3O2.HI/c1-3-17-15(18-12-8-9-13-21-4-2)19-14-16(20)10-6-5-7-11-16;/h20H,3-14H2,1-2H3,(H2,17,18,19);1H. The van der Waals surface area contributed by atoms with Crippen molar-refractivity contribution in [2.75, 3.05) is 32.8 Å². The van der Waals surface area contributed by atoms with Crippen LogP contribution >= 0.6 is 24.0 Å². The molecule has 0 saturated heterocycles. The molecule has 0 aliphatic heterocycles. The highest BCUT2D eigenvalue weighted by Crippen LogP contribution is 2.28. The molecule has 1 aliphatic rings. The van der Waals surface area contributed by atoms with E-state index in [0.29, 0.717) is 6.54 Å². The summed E-state index contributed by atoms with van der Waals surface area (Å²) < 4.78 is 5.32. The van der Waals surface area contributed by atoms with Crippen LogP contribution in [0.25, 0.3) is 0 Å². The summed E-state index contributed by atoms with van der Waals surface area (Å²) in [5.74, 6) is 0.813. The predicted octanol–water partition coefficient (Wildman–Crippen LogP) is 2.67. The van der Waals surface area contributed by atoms with E-state index in [0.717, 1.165) is 70.8 Å². The van der Waals surface area contributed by atoms with Crippen molar-refractivity contribution in [1.82, 2.24) is 10.6 Å². The van der Waals surface area contributed by atoms with Crippen molar-refractivity contribution in [3.63, 3.8) is 0 Å². The molecule has 5 nitrogen and oxygen atoms in total. The van der Waals surface area contributed by atoms with E-state index in [2.05, 4.69) is 22.5 Å². The van der Waals surface area contributed by atoms with E-state index in [4.69, 9.17) is 4.74 Å². The second-order valence-electron chi connectivity index (χ2n) is 5.81. The van der Waals surface area contributed by atoms with Gasteiger partial charge in [-0.2, -0.15) is 0 Å². The Kier molecular flexibility index (Phi) is 13.3. The highest BCUT2D eigenvalue weighted by molar-refractivity contribution is 14.0. The van der Waals surface area contributed by atoms with E-state index >= 15 is 0 Å². The maximum Gasteiger partial charge on any atom is 0.191 e. The normalized spacial score (nSPS) is 17.7. The van der Waals surface area contributed by atoms with Crippen LogP contribution in [-0.4, -0.2) is 49.5 Å². The quantitative estimate of drug-likeness (QED) is 0.229.